The first-order valence-corrected chi connectivity index (χ1v) is 8.96. The zero-order valence-corrected chi connectivity index (χ0v) is 14.9. The lowest BCUT2D eigenvalue weighted by Crippen LogP contribution is -2.33. The number of methoxy groups -OCH3 is 1. The number of amides is 1. The summed E-state index contributed by atoms with van der Waals surface area (Å²) in [6, 6.07) is 9.39. The molecule has 0 radical (unpaired) electrons. The van der Waals surface area contributed by atoms with Crippen LogP contribution in [-0.2, 0) is 19.6 Å². The Kier molecular flexibility index (Phi) is 6.06. The highest BCUT2D eigenvalue weighted by atomic mass is 32.2. The number of rotatable bonds is 6. The second kappa shape index (κ2) is 8.07. The predicted molar refractivity (Wildman–Crippen MR) is 92.7 cm³/mol. The smallest absolute Gasteiger partial charge is 0.339 e. The Bertz CT molecular complexity index is 944. The first kappa shape index (κ1) is 19.5. The molecule has 26 heavy (non-hydrogen) atoms. The van der Waals surface area contributed by atoms with E-state index in [4.69, 9.17) is 0 Å². The van der Waals surface area contributed by atoms with Gasteiger partial charge in [-0.1, -0.05) is 12.1 Å². The van der Waals surface area contributed by atoms with Gasteiger partial charge in [-0.15, -0.1) is 0 Å². The van der Waals surface area contributed by atoms with Crippen LogP contribution in [0.3, 0.4) is 0 Å². The van der Waals surface area contributed by atoms with E-state index in [0.29, 0.717) is 0 Å². The number of esters is 1. The molecule has 0 aromatic heterocycles. The molecule has 0 bridgehead atoms. The van der Waals surface area contributed by atoms with E-state index in [1.54, 1.807) is 12.1 Å². The fourth-order valence-corrected chi connectivity index (χ4v) is 3.43. The average molecular weight is 380 g/mol. The van der Waals surface area contributed by atoms with Crippen molar-refractivity contribution in [3.05, 3.63) is 59.4 Å². The molecule has 7 nitrogen and oxygen atoms in total. The summed E-state index contributed by atoms with van der Waals surface area (Å²) in [6.45, 7) is 0.888. The number of para-hydroxylation sites is 1. The molecule has 0 aliphatic heterocycles. The molecule has 2 N–H and O–H groups in total. The molecule has 0 unspecified atom stereocenters. The molecule has 0 fully saturated rings. The van der Waals surface area contributed by atoms with Crippen molar-refractivity contribution in [3.8, 4) is 0 Å². The Balaban J connectivity index is 2.08. The van der Waals surface area contributed by atoms with Crippen LogP contribution in [0.25, 0.3) is 0 Å². The van der Waals surface area contributed by atoms with E-state index in [1.165, 1.54) is 26.2 Å². The number of halogens is 1. The maximum Gasteiger partial charge on any atom is 0.339 e. The molecular weight excluding hydrogens is 363 g/mol. The second-order valence-electron chi connectivity index (χ2n) is 5.32. The van der Waals surface area contributed by atoms with Gasteiger partial charge in [-0.25, -0.2) is 22.3 Å². The SMILES string of the molecule is COC(=O)c1ccccc1NC(=O)CNS(=O)(=O)c1ccc(F)cc1C. The minimum atomic E-state index is -4.00. The monoisotopic (exact) mass is 380 g/mol. The van der Waals surface area contributed by atoms with Gasteiger partial charge in [0.15, 0.2) is 0 Å². The fourth-order valence-electron chi connectivity index (χ4n) is 2.23. The molecule has 0 heterocycles. The van der Waals surface area contributed by atoms with Crippen LogP contribution in [0.2, 0.25) is 0 Å². The molecule has 138 valence electrons. The van der Waals surface area contributed by atoms with E-state index >= 15 is 0 Å². The van der Waals surface area contributed by atoms with Gasteiger partial charge in [0.1, 0.15) is 5.82 Å². The Hall–Kier alpha value is -2.78. The minimum Gasteiger partial charge on any atom is -0.465 e. The van der Waals surface area contributed by atoms with E-state index < -0.39 is 34.3 Å². The summed E-state index contributed by atoms with van der Waals surface area (Å²) in [4.78, 5) is 23.6. The zero-order chi connectivity index (χ0) is 19.3. The highest BCUT2D eigenvalue weighted by Gasteiger charge is 2.19. The minimum absolute atomic E-state index is 0.123. The molecule has 0 aliphatic carbocycles. The molecule has 1 amide bonds. The third-order valence-corrected chi connectivity index (χ3v) is 5.02. The molecule has 2 rings (SSSR count). The van der Waals surface area contributed by atoms with Gasteiger partial charge >= 0.3 is 5.97 Å². The van der Waals surface area contributed by atoms with Gasteiger partial charge in [0.05, 0.1) is 29.8 Å². The van der Waals surface area contributed by atoms with Gasteiger partial charge in [-0.3, -0.25) is 4.79 Å². The van der Waals surface area contributed by atoms with E-state index in [1.807, 2.05) is 0 Å². The molecular formula is C17H17FN2O5S. The van der Waals surface area contributed by atoms with Gasteiger partial charge in [-0.05, 0) is 42.8 Å². The van der Waals surface area contributed by atoms with Crippen molar-refractivity contribution in [2.45, 2.75) is 11.8 Å². The van der Waals surface area contributed by atoms with Crippen molar-refractivity contribution in [2.24, 2.45) is 0 Å². The normalized spacial score (nSPS) is 11.0. The summed E-state index contributed by atoms with van der Waals surface area (Å²) >= 11 is 0. The highest BCUT2D eigenvalue weighted by molar-refractivity contribution is 7.89. The van der Waals surface area contributed by atoms with E-state index in [-0.39, 0.29) is 21.7 Å². The summed E-state index contributed by atoms with van der Waals surface area (Å²) in [6.07, 6.45) is 0. The standard InChI is InChI=1S/C17H17FN2O5S/c1-11-9-12(18)7-8-15(11)26(23,24)19-10-16(21)20-14-6-4-3-5-13(14)17(22)25-2/h3-9,19H,10H2,1-2H3,(H,20,21). The largest absolute Gasteiger partial charge is 0.465 e. The maximum absolute atomic E-state index is 13.1. The van der Waals surface area contributed by atoms with Crippen molar-refractivity contribution in [3.63, 3.8) is 0 Å². The van der Waals surface area contributed by atoms with Gasteiger partial charge in [0.2, 0.25) is 15.9 Å². The van der Waals surface area contributed by atoms with Gasteiger partial charge in [-0.2, -0.15) is 0 Å². The second-order valence-corrected chi connectivity index (χ2v) is 7.06. The van der Waals surface area contributed by atoms with Crippen LogP contribution >= 0.6 is 0 Å². The van der Waals surface area contributed by atoms with Gasteiger partial charge in [0.25, 0.3) is 0 Å². The average Bonchev–Trinajstić information content (AvgIpc) is 2.59. The van der Waals surface area contributed by atoms with Crippen LogP contribution in [-0.4, -0.2) is 33.9 Å². The lowest BCUT2D eigenvalue weighted by Gasteiger charge is -2.11. The summed E-state index contributed by atoms with van der Waals surface area (Å²) in [7, 11) is -2.79. The number of anilines is 1. The summed E-state index contributed by atoms with van der Waals surface area (Å²) in [5.41, 5.74) is 0.552. The quantitative estimate of drug-likeness (QED) is 0.745. The van der Waals surface area contributed by atoms with Crippen molar-refractivity contribution in [1.82, 2.24) is 4.72 Å². The number of benzene rings is 2. The molecule has 0 saturated heterocycles. The molecule has 0 saturated carbocycles. The fraction of sp³-hybridized carbons (Fsp3) is 0.176. The number of carbonyl (C=O) groups is 2. The molecule has 2 aromatic carbocycles. The van der Waals surface area contributed by atoms with Crippen molar-refractivity contribution in [2.75, 3.05) is 19.0 Å². The van der Waals surface area contributed by atoms with Gasteiger partial charge < -0.3 is 10.1 Å². The Morgan fingerprint density at radius 1 is 1.15 bits per heavy atom. The number of nitrogens with one attached hydrogen (secondary N) is 2. The van der Waals surface area contributed by atoms with Crippen molar-refractivity contribution < 1.29 is 27.1 Å². The number of sulfonamides is 1. The van der Waals surface area contributed by atoms with Crippen LogP contribution < -0.4 is 10.0 Å². The summed E-state index contributed by atoms with van der Waals surface area (Å²) in [5, 5.41) is 2.45. The number of ether oxygens (including phenoxy) is 1. The predicted octanol–water partition coefficient (Wildman–Crippen LogP) is 1.84. The van der Waals surface area contributed by atoms with Crippen LogP contribution in [0.1, 0.15) is 15.9 Å². The number of hydrogen-bond donors (Lipinski definition) is 2. The number of aryl methyl sites for hydroxylation is 1. The summed E-state index contributed by atoms with van der Waals surface area (Å²) in [5.74, 6) is -1.87. The van der Waals surface area contributed by atoms with Crippen molar-refractivity contribution >= 4 is 27.6 Å². The lowest BCUT2D eigenvalue weighted by molar-refractivity contribution is -0.115. The molecule has 0 spiro atoms. The summed E-state index contributed by atoms with van der Waals surface area (Å²) < 4.78 is 44.4. The van der Waals surface area contributed by atoms with E-state index in [0.717, 1.165) is 18.2 Å². The number of hydrogen-bond acceptors (Lipinski definition) is 5. The Morgan fingerprint density at radius 3 is 2.50 bits per heavy atom. The van der Waals surface area contributed by atoms with Gasteiger partial charge in [0, 0.05) is 0 Å². The topological polar surface area (TPSA) is 102 Å². The lowest BCUT2D eigenvalue weighted by atomic mass is 10.2. The number of carbonyl (C=O) groups excluding carboxylic acids is 2. The maximum atomic E-state index is 13.1. The van der Waals surface area contributed by atoms with Crippen LogP contribution in [0.4, 0.5) is 10.1 Å². The van der Waals surface area contributed by atoms with Crippen LogP contribution in [0, 0.1) is 12.7 Å². The molecule has 0 atom stereocenters. The van der Waals surface area contributed by atoms with Crippen LogP contribution in [0.5, 0.6) is 0 Å². The highest BCUT2D eigenvalue weighted by Crippen LogP contribution is 2.17. The zero-order valence-electron chi connectivity index (χ0n) is 14.1. The molecule has 0 aliphatic rings. The van der Waals surface area contributed by atoms with Crippen molar-refractivity contribution in [1.29, 1.82) is 0 Å². The van der Waals surface area contributed by atoms with E-state index in [2.05, 4.69) is 14.8 Å². The third-order valence-electron chi connectivity index (χ3n) is 3.46. The first-order chi connectivity index (χ1) is 12.2. The first-order valence-electron chi connectivity index (χ1n) is 7.47. The van der Waals surface area contributed by atoms with E-state index in [9.17, 15) is 22.4 Å². The Labute approximate surface area is 150 Å². The molecule has 2 aromatic rings. The Morgan fingerprint density at radius 2 is 1.85 bits per heavy atom. The molecule has 9 heteroatoms. The third kappa shape index (κ3) is 4.64. The van der Waals surface area contributed by atoms with Crippen LogP contribution in [0.15, 0.2) is 47.4 Å².